The molecule has 2 N–H and O–H groups in total. The fourth-order valence-corrected chi connectivity index (χ4v) is 4.33. The van der Waals surface area contributed by atoms with E-state index in [9.17, 15) is 4.79 Å². The molecule has 0 radical (unpaired) electrons. The molecule has 2 heterocycles. The highest BCUT2D eigenvalue weighted by Crippen LogP contribution is 2.35. The van der Waals surface area contributed by atoms with Crippen molar-refractivity contribution in [2.45, 2.75) is 63.5 Å². The lowest BCUT2D eigenvalue weighted by atomic mass is 9.96. The lowest BCUT2D eigenvalue weighted by molar-refractivity contribution is -0.134. The van der Waals surface area contributed by atoms with Gasteiger partial charge in [-0.05, 0) is 44.4 Å². The average molecular weight is 279 g/mol. The minimum absolute atomic E-state index is 0.347. The van der Waals surface area contributed by atoms with Gasteiger partial charge in [0.05, 0.1) is 6.54 Å². The summed E-state index contributed by atoms with van der Waals surface area (Å²) in [5.74, 6) is 1.16. The number of nitrogens with zero attached hydrogens (tertiary/aromatic N) is 2. The van der Waals surface area contributed by atoms with E-state index >= 15 is 0 Å². The normalized spacial score (nSPS) is 30.2. The molecule has 0 aromatic rings. The minimum Gasteiger partial charge on any atom is -0.338 e. The molecule has 0 aromatic carbocycles. The number of hydrogen-bond donors (Lipinski definition) is 1. The number of likely N-dealkylation sites (tertiary alicyclic amines) is 2. The standard InChI is InChI=1S/C16H29N3O/c17-14-7-10-18(11-8-14)12-16(20)19-9-3-6-15(19)13-4-1-2-5-13/h13-15H,1-12,17H2. The molecule has 4 nitrogen and oxygen atoms in total. The molecule has 3 rings (SSSR count). The number of rotatable bonds is 3. The number of amides is 1. The monoisotopic (exact) mass is 279 g/mol. The zero-order valence-electron chi connectivity index (χ0n) is 12.6. The lowest BCUT2D eigenvalue weighted by Crippen LogP contribution is -2.48. The van der Waals surface area contributed by atoms with Gasteiger partial charge in [0, 0.05) is 31.7 Å². The van der Waals surface area contributed by atoms with Crippen molar-refractivity contribution in [3.8, 4) is 0 Å². The maximum absolute atomic E-state index is 12.6. The number of hydrogen-bond acceptors (Lipinski definition) is 3. The molecule has 4 heteroatoms. The van der Waals surface area contributed by atoms with Crippen LogP contribution in [0.4, 0.5) is 0 Å². The molecule has 1 saturated carbocycles. The minimum atomic E-state index is 0.347. The zero-order chi connectivity index (χ0) is 13.9. The molecule has 2 aliphatic heterocycles. The van der Waals surface area contributed by atoms with E-state index in [1.807, 2.05) is 0 Å². The molecule has 3 fully saturated rings. The van der Waals surface area contributed by atoms with Gasteiger partial charge in [0.25, 0.3) is 0 Å². The molecule has 3 aliphatic rings. The summed E-state index contributed by atoms with van der Waals surface area (Å²) >= 11 is 0. The Kier molecular flexibility index (Phi) is 4.61. The second kappa shape index (κ2) is 6.44. The smallest absolute Gasteiger partial charge is 0.237 e. The summed E-state index contributed by atoms with van der Waals surface area (Å²) in [4.78, 5) is 17.1. The lowest BCUT2D eigenvalue weighted by Gasteiger charge is -2.34. The van der Waals surface area contributed by atoms with E-state index in [0.717, 1.165) is 38.4 Å². The highest BCUT2D eigenvalue weighted by atomic mass is 16.2. The van der Waals surface area contributed by atoms with Crippen molar-refractivity contribution in [3.05, 3.63) is 0 Å². The molecule has 0 spiro atoms. The predicted octanol–water partition coefficient (Wildman–Crippen LogP) is 1.59. The maximum Gasteiger partial charge on any atom is 0.237 e. The number of carbonyl (C=O) groups excluding carboxylic acids is 1. The van der Waals surface area contributed by atoms with Crippen molar-refractivity contribution in [2.75, 3.05) is 26.2 Å². The molecular weight excluding hydrogens is 250 g/mol. The van der Waals surface area contributed by atoms with Crippen LogP contribution in [0, 0.1) is 5.92 Å². The third kappa shape index (κ3) is 3.17. The van der Waals surface area contributed by atoms with Crippen LogP contribution in [0.2, 0.25) is 0 Å². The first kappa shape index (κ1) is 14.3. The van der Waals surface area contributed by atoms with Crippen LogP contribution in [0.5, 0.6) is 0 Å². The van der Waals surface area contributed by atoms with Gasteiger partial charge in [-0.15, -0.1) is 0 Å². The van der Waals surface area contributed by atoms with Gasteiger partial charge in [-0.3, -0.25) is 9.69 Å². The van der Waals surface area contributed by atoms with Crippen molar-refractivity contribution in [2.24, 2.45) is 11.7 Å². The summed E-state index contributed by atoms with van der Waals surface area (Å²) < 4.78 is 0. The SMILES string of the molecule is NC1CCN(CC(=O)N2CCCC2C2CCCC2)CC1. The topological polar surface area (TPSA) is 49.6 Å². The quantitative estimate of drug-likeness (QED) is 0.853. The first-order valence-corrected chi connectivity index (χ1v) is 8.51. The highest BCUT2D eigenvalue weighted by molar-refractivity contribution is 5.79. The number of carbonyl (C=O) groups is 1. The van der Waals surface area contributed by atoms with E-state index in [2.05, 4.69) is 9.80 Å². The van der Waals surface area contributed by atoms with Crippen LogP contribution < -0.4 is 5.73 Å². The molecule has 1 unspecified atom stereocenters. The van der Waals surface area contributed by atoms with Crippen molar-refractivity contribution < 1.29 is 4.79 Å². The largest absolute Gasteiger partial charge is 0.338 e. The first-order chi connectivity index (χ1) is 9.74. The third-order valence-electron chi connectivity index (χ3n) is 5.55. The molecule has 1 amide bonds. The second-order valence-electron chi connectivity index (χ2n) is 6.95. The Balaban J connectivity index is 1.53. The Hall–Kier alpha value is -0.610. The van der Waals surface area contributed by atoms with Crippen molar-refractivity contribution >= 4 is 5.91 Å². The number of nitrogens with two attached hydrogens (primary N) is 1. The van der Waals surface area contributed by atoms with Gasteiger partial charge in [0.1, 0.15) is 0 Å². The van der Waals surface area contributed by atoms with Crippen molar-refractivity contribution in [1.82, 2.24) is 9.80 Å². The Morgan fingerprint density at radius 2 is 1.65 bits per heavy atom. The van der Waals surface area contributed by atoms with Crippen LogP contribution in [0.15, 0.2) is 0 Å². The van der Waals surface area contributed by atoms with E-state index in [1.165, 1.54) is 38.5 Å². The summed E-state index contributed by atoms with van der Waals surface area (Å²) in [5, 5.41) is 0. The van der Waals surface area contributed by atoms with Gasteiger partial charge in [0.15, 0.2) is 0 Å². The van der Waals surface area contributed by atoms with Crippen LogP contribution in [0.3, 0.4) is 0 Å². The average Bonchev–Trinajstić information content (AvgIpc) is 3.11. The van der Waals surface area contributed by atoms with E-state index in [-0.39, 0.29) is 0 Å². The third-order valence-corrected chi connectivity index (χ3v) is 5.55. The molecule has 1 atom stereocenters. The van der Waals surface area contributed by atoms with Gasteiger partial charge >= 0.3 is 0 Å². The molecule has 20 heavy (non-hydrogen) atoms. The van der Waals surface area contributed by atoms with Gasteiger partial charge in [0.2, 0.25) is 5.91 Å². The molecule has 0 bridgehead atoms. The van der Waals surface area contributed by atoms with E-state index in [1.54, 1.807) is 0 Å². The fraction of sp³-hybridized carbons (Fsp3) is 0.938. The van der Waals surface area contributed by atoms with Crippen LogP contribution in [0.1, 0.15) is 51.4 Å². The molecule has 1 aliphatic carbocycles. The Morgan fingerprint density at radius 3 is 2.35 bits per heavy atom. The van der Waals surface area contributed by atoms with Gasteiger partial charge in [-0.2, -0.15) is 0 Å². The Morgan fingerprint density at radius 1 is 0.950 bits per heavy atom. The summed E-state index contributed by atoms with van der Waals surface area (Å²) in [6.07, 6.45) is 9.94. The highest BCUT2D eigenvalue weighted by Gasteiger charge is 2.36. The van der Waals surface area contributed by atoms with E-state index in [4.69, 9.17) is 5.73 Å². The summed E-state index contributed by atoms with van der Waals surface area (Å²) in [6.45, 7) is 3.60. The molecule has 114 valence electrons. The van der Waals surface area contributed by atoms with Crippen LogP contribution in [0.25, 0.3) is 0 Å². The van der Waals surface area contributed by atoms with E-state index in [0.29, 0.717) is 24.5 Å². The van der Waals surface area contributed by atoms with Crippen LogP contribution >= 0.6 is 0 Å². The Labute approximate surface area is 122 Å². The maximum atomic E-state index is 12.6. The molecule has 2 saturated heterocycles. The Bertz CT molecular complexity index is 333. The molecule has 0 aromatic heterocycles. The van der Waals surface area contributed by atoms with Crippen LogP contribution in [-0.2, 0) is 4.79 Å². The molecular formula is C16H29N3O. The fourth-order valence-electron chi connectivity index (χ4n) is 4.33. The second-order valence-corrected chi connectivity index (χ2v) is 6.95. The summed E-state index contributed by atoms with van der Waals surface area (Å²) in [5.41, 5.74) is 5.93. The van der Waals surface area contributed by atoms with Gasteiger partial charge < -0.3 is 10.6 Å². The van der Waals surface area contributed by atoms with Gasteiger partial charge in [-0.25, -0.2) is 0 Å². The summed E-state index contributed by atoms with van der Waals surface area (Å²) in [7, 11) is 0. The number of piperidine rings is 1. The van der Waals surface area contributed by atoms with Gasteiger partial charge in [-0.1, -0.05) is 12.8 Å². The summed E-state index contributed by atoms with van der Waals surface area (Å²) in [6, 6.07) is 0.899. The predicted molar refractivity (Wildman–Crippen MR) is 80.3 cm³/mol. The first-order valence-electron chi connectivity index (χ1n) is 8.51. The zero-order valence-corrected chi connectivity index (χ0v) is 12.6. The van der Waals surface area contributed by atoms with E-state index < -0.39 is 0 Å². The van der Waals surface area contributed by atoms with Crippen LogP contribution in [-0.4, -0.2) is 54.0 Å². The van der Waals surface area contributed by atoms with Crippen molar-refractivity contribution in [3.63, 3.8) is 0 Å². The van der Waals surface area contributed by atoms with Crippen molar-refractivity contribution in [1.29, 1.82) is 0 Å².